The summed E-state index contributed by atoms with van der Waals surface area (Å²) in [7, 11) is 0. The van der Waals surface area contributed by atoms with Crippen LogP contribution in [0.3, 0.4) is 0 Å². The van der Waals surface area contributed by atoms with Gasteiger partial charge in [0.1, 0.15) is 5.69 Å². The van der Waals surface area contributed by atoms with Gasteiger partial charge in [0, 0.05) is 18.7 Å². The number of hydrogen-bond donors (Lipinski definition) is 1. The number of nitrogens with zero attached hydrogens (tertiary/aromatic N) is 2. The van der Waals surface area contributed by atoms with Crippen molar-refractivity contribution in [1.82, 2.24) is 0 Å². The second-order valence-corrected chi connectivity index (χ2v) is 5.99. The maximum atomic E-state index is 11.7. The lowest BCUT2D eigenvalue weighted by atomic mass is 9.76. The van der Waals surface area contributed by atoms with Gasteiger partial charge >= 0.3 is 5.97 Å². The minimum Gasteiger partial charge on any atom is -0.481 e. The second-order valence-electron chi connectivity index (χ2n) is 5.99. The lowest BCUT2D eigenvalue weighted by Crippen LogP contribution is -2.39. The van der Waals surface area contributed by atoms with Gasteiger partial charge in [0.15, 0.2) is 0 Å². The summed E-state index contributed by atoms with van der Waals surface area (Å²) in [6.45, 7) is 6.31. The van der Waals surface area contributed by atoms with Gasteiger partial charge in [-0.3, -0.25) is 14.9 Å². The van der Waals surface area contributed by atoms with E-state index in [1.165, 1.54) is 0 Å². The summed E-state index contributed by atoms with van der Waals surface area (Å²) in [5.74, 6) is -0.848. The quantitative estimate of drug-likeness (QED) is 0.681. The van der Waals surface area contributed by atoms with Crippen molar-refractivity contribution in [3.05, 3.63) is 33.9 Å². The first-order chi connectivity index (χ1) is 9.79. The molecule has 0 spiro atoms. The molecule has 114 valence electrons. The van der Waals surface area contributed by atoms with Crippen LogP contribution in [0.25, 0.3) is 0 Å². The number of benzene rings is 1. The number of aliphatic carboxylic acids is 1. The highest BCUT2D eigenvalue weighted by Crippen LogP contribution is 2.42. The minimum atomic E-state index is -0.836. The Bertz CT molecular complexity index is 585. The molecule has 21 heavy (non-hydrogen) atoms. The number of nitro benzene ring substituents is 1. The lowest BCUT2D eigenvalue weighted by Gasteiger charge is -2.29. The van der Waals surface area contributed by atoms with E-state index < -0.39 is 11.4 Å². The number of para-hydroxylation sites is 1. The monoisotopic (exact) mass is 292 g/mol. The van der Waals surface area contributed by atoms with Gasteiger partial charge in [-0.25, -0.2) is 0 Å². The Balaban J connectivity index is 2.41. The summed E-state index contributed by atoms with van der Waals surface area (Å²) < 4.78 is 0. The first kappa shape index (κ1) is 15.3. The maximum absolute atomic E-state index is 11.7. The Hall–Kier alpha value is -2.11. The number of carboxylic acid groups (broad SMARTS) is 1. The molecule has 0 radical (unpaired) electrons. The number of anilines is 1. The molecule has 6 heteroatoms. The number of carboxylic acids is 1. The highest BCUT2D eigenvalue weighted by Gasteiger charge is 2.48. The maximum Gasteiger partial charge on any atom is 0.311 e. The summed E-state index contributed by atoms with van der Waals surface area (Å²) in [5.41, 5.74) is 0.346. The fourth-order valence-electron chi connectivity index (χ4n) is 3.07. The molecule has 1 atom stereocenters. The lowest BCUT2D eigenvalue weighted by molar-refractivity contribution is -0.384. The van der Waals surface area contributed by atoms with Crippen LogP contribution in [0, 0.1) is 28.4 Å². The van der Waals surface area contributed by atoms with Gasteiger partial charge in [0.25, 0.3) is 5.69 Å². The largest absolute Gasteiger partial charge is 0.481 e. The van der Waals surface area contributed by atoms with Gasteiger partial charge in [-0.15, -0.1) is 0 Å². The third-order valence-corrected chi connectivity index (χ3v) is 4.57. The average Bonchev–Trinajstić information content (AvgIpc) is 2.84. The molecule has 1 heterocycles. The first-order valence-corrected chi connectivity index (χ1v) is 7.02. The minimum absolute atomic E-state index is 0.0242. The second kappa shape index (κ2) is 5.35. The highest BCUT2D eigenvalue weighted by atomic mass is 16.6. The van der Waals surface area contributed by atoms with Gasteiger partial charge in [-0.05, 0) is 25.3 Å². The van der Waals surface area contributed by atoms with Crippen molar-refractivity contribution in [1.29, 1.82) is 0 Å². The average molecular weight is 292 g/mol. The van der Waals surface area contributed by atoms with Crippen LogP contribution in [0.5, 0.6) is 0 Å². The number of nitro groups is 1. The van der Waals surface area contributed by atoms with Crippen LogP contribution in [0.15, 0.2) is 18.2 Å². The molecule has 0 bridgehead atoms. The Kier molecular flexibility index (Phi) is 3.89. The van der Waals surface area contributed by atoms with E-state index in [1.54, 1.807) is 25.1 Å². The third-order valence-electron chi connectivity index (χ3n) is 4.57. The van der Waals surface area contributed by atoms with E-state index in [-0.39, 0.29) is 16.5 Å². The molecule has 1 aliphatic rings. The van der Waals surface area contributed by atoms with E-state index in [2.05, 4.69) is 0 Å². The van der Waals surface area contributed by atoms with E-state index >= 15 is 0 Å². The summed E-state index contributed by atoms with van der Waals surface area (Å²) >= 11 is 0. The van der Waals surface area contributed by atoms with Crippen LogP contribution in [-0.4, -0.2) is 29.1 Å². The van der Waals surface area contributed by atoms with Gasteiger partial charge in [-0.2, -0.15) is 0 Å². The molecule has 0 saturated carbocycles. The summed E-state index contributed by atoms with van der Waals surface area (Å²) in [6, 6.07) is 5.17. The molecule has 2 rings (SSSR count). The van der Waals surface area contributed by atoms with E-state index in [4.69, 9.17) is 0 Å². The van der Waals surface area contributed by atoms with Crippen molar-refractivity contribution in [2.24, 2.45) is 11.3 Å². The predicted octanol–water partition coefficient (Wildman–Crippen LogP) is 2.84. The van der Waals surface area contributed by atoms with Crippen molar-refractivity contribution in [3.8, 4) is 0 Å². The Morgan fingerprint density at radius 1 is 1.48 bits per heavy atom. The van der Waals surface area contributed by atoms with E-state index in [0.717, 1.165) is 0 Å². The van der Waals surface area contributed by atoms with Crippen molar-refractivity contribution in [3.63, 3.8) is 0 Å². The van der Waals surface area contributed by atoms with Gasteiger partial charge < -0.3 is 10.0 Å². The molecule has 0 aliphatic carbocycles. The molecule has 1 unspecified atom stereocenters. The van der Waals surface area contributed by atoms with E-state index in [1.807, 2.05) is 18.7 Å². The molecule has 1 saturated heterocycles. The fraction of sp³-hybridized carbons (Fsp3) is 0.533. The normalized spacial score (nSPS) is 21.8. The van der Waals surface area contributed by atoms with Gasteiger partial charge in [0.2, 0.25) is 0 Å². The Morgan fingerprint density at radius 3 is 2.62 bits per heavy atom. The number of hydrogen-bond acceptors (Lipinski definition) is 4. The Morgan fingerprint density at radius 2 is 2.14 bits per heavy atom. The third kappa shape index (κ3) is 2.46. The molecule has 1 aliphatic heterocycles. The SMILES string of the molecule is Cc1cccc(N2CCC(C(=O)O)(C(C)C)C2)c1[N+](=O)[O-]. The van der Waals surface area contributed by atoms with Crippen molar-refractivity contribution < 1.29 is 14.8 Å². The molecule has 6 nitrogen and oxygen atoms in total. The zero-order valence-electron chi connectivity index (χ0n) is 12.5. The molecule has 0 aromatic heterocycles. The molecular formula is C15H20N2O4. The smallest absolute Gasteiger partial charge is 0.311 e. The molecule has 1 aromatic rings. The number of aryl methyl sites for hydroxylation is 1. The van der Waals surface area contributed by atoms with Crippen molar-refractivity contribution in [2.75, 3.05) is 18.0 Å². The van der Waals surface area contributed by atoms with Crippen molar-refractivity contribution >= 4 is 17.3 Å². The topological polar surface area (TPSA) is 83.7 Å². The zero-order valence-corrected chi connectivity index (χ0v) is 12.5. The molecule has 1 N–H and O–H groups in total. The van der Waals surface area contributed by atoms with Gasteiger partial charge in [-0.1, -0.05) is 26.0 Å². The molecule has 1 aromatic carbocycles. The van der Waals surface area contributed by atoms with Crippen LogP contribution >= 0.6 is 0 Å². The number of rotatable bonds is 4. The van der Waals surface area contributed by atoms with Crippen molar-refractivity contribution in [2.45, 2.75) is 27.2 Å². The predicted molar refractivity (Wildman–Crippen MR) is 79.6 cm³/mol. The fourth-order valence-corrected chi connectivity index (χ4v) is 3.07. The molecule has 0 amide bonds. The summed E-state index contributed by atoms with van der Waals surface area (Å²) in [4.78, 5) is 24.4. The first-order valence-electron chi connectivity index (χ1n) is 7.02. The molecule has 1 fully saturated rings. The van der Waals surface area contributed by atoms with E-state index in [0.29, 0.717) is 30.8 Å². The highest BCUT2D eigenvalue weighted by molar-refractivity contribution is 5.78. The van der Waals surface area contributed by atoms with Crippen LogP contribution in [0.2, 0.25) is 0 Å². The van der Waals surface area contributed by atoms with Crippen LogP contribution in [-0.2, 0) is 4.79 Å². The van der Waals surface area contributed by atoms with Gasteiger partial charge in [0.05, 0.1) is 10.3 Å². The molecular weight excluding hydrogens is 272 g/mol. The van der Waals surface area contributed by atoms with E-state index in [9.17, 15) is 20.0 Å². The zero-order chi connectivity index (χ0) is 15.8. The van der Waals surface area contributed by atoms with Crippen LogP contribution in [0.4, 0.5) is 11.4 Å². The summed E-state index contributed by atoms with van der Waals surface area (Å²) in [5, 5.41) is 20.9. The number of carbonyl (C=O) groups is 1. The summed E-state index contributed by atoms with van der Waals surface area (Å²) in [6.07, 6.45) is 0.505. The van der Waals surface area contributed by atoms with Crippen LogP contribution < -0.4 is 4.90 Å². The van der Waals surface area contributed by atoms with Crippen LogP contribution in [0.1, 0.15) is 25.8 Å². The Labute approximate surface area is 123 Å². The standard InChI is InChI=1S/C15H20N2O4/c1-10(2)15(14(18)19)7-8-16(9-15)12-6-4-5-11(3)13(12)17(20)21/h4-6,10H,7-9H2,1-3H3,(H,18,19).